The van der Waals surface area contributed by atoms with E-state index >= 15 is 0 Å². The lowest BCUT2D eigenvalue weighted by atomic mass is 9.86. The van der Waals surface area contributed by atoms with Gasteiger partial charge in [-0.05, 0) is 0 Å². The van der Waals surface area contributed by atoms with Crippen molar-refractivity contribution in [2.75, 3.05) is 20.5 Å². The van der Waals surface area contributed by atoms with Gasteiger partial charge in [-0.15, -0.1) is 0 Å². The van der Waals surface area contributed by atoms with Crippen LogP contribution < -0.4 is 5.32 Å². The summed E-state index contributed by atoms with van der Waals surface area (Å²) in [5.41, 5.74) is 0. The van der Waals surface area contributed by atoms with Crippen molar-refractivity contribution in [2.24, 2.45) is 5.92 Å². The quantitative estimate of drug-likeness (QED) is 0.453. The van der Waals surface area contributed by atoms with Crippen LogP contribution in [-0.4, -0.2) is 78.2 Å². The van der Waals surface area contributed by atoms with E-state index in [1.807, 2.05) is 0 Å². The normalized spacial score (nSPS) is 37.7. The Bertz CT molecular complexity index is 418. The molecule has 0 radical (unpaired) electrons. The number of hydrogen-bond donors (Lipinski definition) is 4. The van der Waals surface area contributed by atoms with Crippen molar-refractivity contribution >= 4 is 5.91 Å². The van der Waals surface area contributed by atoms with Crippen molar-refractivity contribution in [3.05, 3.63) is 0 Å². The van der Waals surface area contributed by atoms with Crippen molar-refractivity contribution in [1.29, 1.82) is 0 Å². The Kier molecular flexibility index (Phi) is 5.95. The molecule has 2 fully saturated rings. The van der Waals surface area contributed by atoms with E-state index in [-0.39, 0.29) is 25.7 Å². The first-order valence-electron chi connectivity index (χ1n) is 7.55. The van der Waals surface area contributed by atoms with Gasteiger partial charge >= 0.3 is 0 Å². The standard InChI is InChI=1S/C14H25NO8/c1-7(5-16)11(19)12-10(15-8(2)17)9(18)4-14(20-3,23-12)13-21-6-22-13/h7,9-13,16,18-19H,4-6H2,1-3H3,(H,15,17). The van der Waals surface area contributed by atoms with Crippen LogP contribution in [0.4, 0.5) is 0 Å². The molecule has 0 aromatic rings. The summed E-state index contributed by atoms with van der Waals surface area (Å²) in [5.74, 6) is -2.29. The summed E-state index contributed by atoms with van der Waals surface area (Å²) < 4.78 is 21.8. The van der Waals surface area contributed by atoms with Crippen molar-refractivity contribution in [1.82, 2.24) is 5.32 Å². The summed E-state index contributed by atoms with van der Waals surface area (Å²) in [4.78, 5) is 11.4. The molecule has 4 N–H and O–H groups in total. The number of nitrogens with one attached hydrogen (secondary N) is 1. The Morgan fingerprint density at radius 1 is 1.48 bits per heavy atom. The zero-order valence-corrected chi connectivity index (χ0v) is 13.5. The molecule has 0 spiro atoms. The number of aliphatic hydroxyl groups excluding tert-OH is 3. The molecule has 9 heteroatoms. The van der Waals surface area contributed by atoms with Gasteiger partial charge in [-0.3, -0.25) is 4.79 Å². The molecule has 0 aliphatic carbocycles. The van der Waals surface area contributed by atoms with Crippen LogP contribution in [-0.2, 0) is 23.7 Å². The highest BCUT2D eigenvalue weighted by molar-refractivity contribution is 5.73. The van der Waals surface area contributed by atoms with Crippen molar-refractivity contribution in [3.8, 4) is 0 Å². The molecule has 2 aliphatic rings. The van der Waals surface area contributed by atoms with E-state index in [0.29, 0.717) is 0 Å². The molecule has 0 aromatic heterocycles. The average molecular weight is 335 g/mol. The van der Waals surface area contributed by atoms with E-state index in [9.17, 15) is 20.1 Å². The molecular formula is C14H25NO8. The zero-order valence-electron chi connectivity index (χ0n) is 13.5. The molecule has 6 atom stereocenters. The first-order valence-corrected chi connectivity index (χ1v) is 7.55. The number of carbonyl (C=O) groups excluding carboxylic acids is 1. The van der Waals surface area contributed by atoms with Gasteiger partial charge in [0.05, 0.1) is 18.2 Å². The fraction of sp³-hybridized carbons (Fsp3) is 0.929. The molecule has 2 heterocycles. The Morgan fingerprint density at radius 2 is 2.13 bits per heavy atom. The summed E-state index contributed by atoms with van der Waals surface area (Å²) in [7, 11) is 1.38. The first kappa shape index (κ1) is 18.5. The highest BCUT2D eigenvalue weighted by Crippen LogP contribution is 2.39. The molecule has 2 rings (SSSR count). The van der Waals surface area contributed by atoms with Gasteiger partial charge in [0.2, 0.25) is 18.0 Å². The van der Waals surface area contributed by atoms with Gasteiger partial charge in [-0.1, -0.05) is 6.92 Å². The maximum atomic E-state index is 11.4. The van der Waals surface area contributed by atoms with Gasteiger partial charge in [-0.25, -0.2) is 0 Å². The first-order chi connectivity index (χ1) is 10.8. The van der Waals surface area contributed by atoms with Crippen LogP contribution in [0.3, 0.4) is 0 Å². The summed E-state index contributed by atoms with van der Waals surface area (Å²) >= 11 is 0. The monoisotopic (exact) mass is 335 g/mol. The molecule has 1 amide bonds. The molecule has 23 heavy (non-hydrogen) atoms. The molecule has 9 nitrogen and oxygen atoms in total. The number of methoxy groups -OCH3 is 1. The van der Waals surface area contributed by atoms with Crippen LogP contribution in [0, 0.1) is 5.92 Å². The smallest absolute Gasteiger partial charge is 0.223 e. The second-order valence-corrected chi connectivity index (χ2v) is 6.03. The Hall–Kier alpha value is -0.810. The minimum atomic E-state index is -1.40. The molecule has 0 aromatic carbocycles. The second kappa shape index (κ2) is 7.39. The molecule has 2 aliphatic heterocycles. The molecule has 0 saturated carbocycles. The van der Waals surface area contributed by atoms with Crippen molar-refractivity contribution < 1.29 is 39.1 Å². The molecular weight excluding hydrogens is 310 g/mol. The maximum Gasteiger partial charge on any atom is 0.223 e. The Morgan fingerprint density at radius 3 is 2.57 bits per heavy atom. The van der Waals surface area contributed by atoms with Gasteiger partial charge < -0.3 is 39.6 Å². The summed E-state index contributed by atoms with van der Waals surface area (Å²) in [6.45, 7) is 2.75. The van der Waals surface area contributed by atoms with Gasteiger partial charge in [0.1, 0.15) is 6.10 Å². The number of carbonyl (C=O) groups is 1. The third-order valence-corrected chi connectivity index (χ3v) is 4.32. The minimum Gasteiger partial charge on any atom is -0.396 e. The SMILES string of the molecule is COC1(C2OCO2)CC(O)C(NC(C)=O)C(C(O)C(C)CO)O1. The number of amides is 1. The van der Waals surface area contributed by atoms with E-state index in [4.69, 9.17) is 18.9 Å². The second-order valence-electron chi connectivity index (χ2n) is 6.03. The lowest BCUT2D eigenvalue weighted by molar-refractivity contribution is -0.455. The number of aliphatic hydroxyl groups is 3. The van der Waals surface area contributed by atoms with E-state index in [1.54, 1.807) is 6.92 Å². The third kappa shape index (κ3) is 3.66. The molecule has 6 unspecified atom stereocenters. The van der Waals surface area contributed by atoms with Crippen molar-refractivity contribution in [2.45, 2.75) is 56.7 Å². The number of hydrogen-bond acceptors (Lipinski definition) is 8. The summed E-state index contributed by atoms with van der Waals surface area (Å²) in [6.07, 6.45) is -4.03. The fourth-order valence-corrected chi connectivity index (χ4v) is 2.89. The van der Waals surface area contributed by atoms with Crippen LogP contribution in [0.15, 0.2) is 0 Å². The van der Waals surface area contributed by atoms with Crippen LogP contribution in [0.5, 0.6) is 0 Å². The van der Waals surface area contributed by atoms with Gasteiger partial charge in [0.25, 0.3) is 0 Å². The number of ether oxygens (including phenoxy) is 4. The highest BCUT2D eigenvalue weighted by atomic mass is 16.9. The van der Waals surface area contributed by atoms with E-state index in [0.717, 1.165) is 0 Å². The zero-order chi connectivity index (χ0) is 17.2. The van der Waals surface area contributed by atoms with E-state index < -0.39 is 42.3 Å². The third-order valence-electron chi connectivity index (χ3n) is 4.32. The summed E-state index contributed by atoms with van der Waals surface area (Å²) in [5, 5.41) is 32.8. The lowest BCUT2D eigenvalue weighted by Crippen LogP contribution is -2.69. The molecule has 134 valence electrons. The lowest BCUT2D eigenvalue weighted by Gasteiger charge is -2.52. The van der Waals surface area contributed by atoms with Crippen LogP contribution in [0.25, 0.3) is 0 Å². The van der Waals surface area contributed by atoms with Crippen LogP contribution in [0.2, 0.25) is 0 Å². The van der Waals surface area contributed by atoms with Crippen LogP contribution in [0.1, 0.15) is 20.3 Å². The van der Waals surface area contributed by atoms with Crippen molar-refractivity contribution in [3.63, 3.8) is 0 Å². The predicted molar refractivity (Wildman–Crippen MR) is 75.9 cm³/mol. The van der Waals surface area contributed by atoms with E-state index in [1.165, 1.54) is 14.0 Å². The molecule has 2 saturated heterocycles. The average Bonchev–Trinajstić information content (AvgIpc) is 2.46. The molecule has 0 bridgehead atoms. The van der Waals surface area contributed by atoms with Gasteiger partial charge in [0.15, 0.2) is 6.79 Å². The van der Waals surface area contributed by atoms with Crippen LogP contribution >= 0.6 is 0 Å². The topological polar surface area (TPSA) is 127 Å². The predicted octanol–water partition coefficient (Wildman–Crippen LogP) is -1.70. The van der Waals surface area contributed by atoms with Gasteiger partial charge in [-0.2, -0.15) is 0 Å². The number of rotatable bonds is 6. The highest BCUT2D eigenvalue weighted by Gasteiger charge is 2.57. The fourth-order valence-electron chi connectivity index (χ4n) is 2.89. The van der Waals surface area contributed by atoms with E-state index in [2.05, 4.69) is 5.32 Å². The van der Waals surface area contributed by atoms with Gasteiger partial charge in [0, 0.05) is 33.0 Å². The Balaban J connectivity index is 2.26. The maximum absolute atomic E-state index is 11.4. The Labute approximate surface area is 134 Å². The minimum absolute atomic E-state index is 0.00413. The summed E-state index contributed by atoms with van der Waals surface area (Å²) in [6, 6.07) is -0.847. The largest absolute Gasteiger partial charge is 0.396 e.